The van der Waals surface area contributed by atoms with E-state index in [2.05, 4.69) is 37.2 Å². The predicted octanol–water partition coefficient (Wildman–Crippen LogP) is -2.70. The van der Waals surface area contributed by atoms with Gasteiger partial charge < -0.3 is 65.1 Å². The Balaban J connectivity index is 2.07. The maximum Gasteiger partial charge on any atom is 0.246 e. The van der Waals surface area contributed by atoms with Crippen molar-refractivity contribution < 1.29 is 52.7 Å². The number of nitrogens with one attached hydrogen (secondary N) is 7. The summed E-state index contributed by atoms with van der Waals surface area (Å²) in [6.45, 7) is 10.4. The number of hydrogen-bond donors (Lipinski definition) is 11. The highest BCUT2D eigenvalue weighted by atomic mass is 33.1. The number of likely N-dealkylation sites (tertiary alicyclic amines) is 1. The summed E-state index contributed by atoms with van der Waals surface area (Å²) in [7, 11) is 2.10. The average molecular weight is 1020 g/mol. The predicted molar refractivity (Wildman–Crippen MR) is 262 cm³/mol. The minimum Gasteiger partial charge on any atom is -0.370 e. The van der Waals surface area contributed by atoms with Gasteiger partial charge in [-0.25, -0.2) is 0 Å². The van der Waals surface area contributed by atoms with Crippen LogP contribution in [0.5, 0.6) is 0 Å². The van der Waals surface area contributed by atoms with Crippen molar-refractivity contribution in [2.75, 3.05) is 24.6 Å². The summed E-state index contributed by atoms with van der Waals surface area (Å²) < 4.78 is 0. The maximum atomic E-state index is 14.5. The number of benzene rings is 1. The van der Waals surface area contributed by atoms with Crippen LogP contribution in [0.4, 0.5) is 0 Å². The molecular weight excluding hydrogens is 949 g/mol. The third-order valence-electron chi connectivity index (χ3n) is 12.0. The van der Waals surface area contributed by atoms with E-state index < -0.39 is 139 Å². The second-order valence-electron chi connectivity index (χ2n) is 18.1. The summed E-state index contributed by atoms with van der Waals surface area (Å²) in [6, 6.07) is -5.13. The van der Waals surface area contributed by atoms with Gasteiger partial charge >= 0.3 is 0 Å². The highest BCUT2D eigenvalue weighted by Crippen LogP contribution is 2.26. The molecular formula is C45H70N12O11S2. The van der Waals surface area contributed by atoms with Gasteiger partial charge in [-0.1, -0.05) is 73.9 Å². The van der Waals surface area contributed by atoms with Gasteiger partial charge in [0, 0.05) is 30.9 Å². The molecule has 388 valence electrons. The van der Waals surface area contributed by atoms with Gasteiger partial charge in [0.05, 0.1) is 19.0 Å². The van der Waals surface area contributed by atoms with Gasteiger partial charge in [-0.2, -0.15) is 0 Å². The molecule has 0 spiro atoms. The van der Waals surface area contributed by atoms with Crippen LogP contribution < -0.4 is 60.2 Å². The summed E-state index contributed by atoms with van der Waals surface area (Å²) in [5, 5.41) is 18.1. The molecule has 2 saturated heterocycles. The summed E-state index contributed by atoms with van der Waals surface area (Å²) in [5.41, 5.74) is 25.0. The second-order valence-corrected chi connectivity index (χ2v) is 20.7. The third kappa shape index (κ3) is 18.1. The van der Waals surface area contributed by atoms with Crippen molar-refractivity contribution in [2.45, 2.75) is 141 Å². The molecule has 1 aromatic rings. The molecule has 9 atom stereocenters. The zero-order valence-corrected chi connectivity index (χ0v) is 42.2. The third-order valence-corrected chi connectivity index (χ3v) is 14.4. The molecule has 1 aromatic carbocycles. The second kappa shape index (κ2) is 28.0. The van der Waals surface area contributed by atoms with Gasteiger partial charge in [0.1, 0.15) is 42.3 Å². The summed E-state index contributed by atoms with van der Waals surface area (Å²) >= 11 is 0. The fourth-order valence-corrected chi connectivity index (χ4v) is 10.1. The van der Waals surface area contributed by atoms with Crippen LogP contribution in [-0.2, 0) is 59.2 Å². The van der Waals surface area contributed by atoms with Crippen LogP contribution in [0.15, 0.2) is 18.2 Å². The van der Waals surface area contributed by atoms with Crippen molar-refractivity contribution in [1.29, 1.82) is 0 Å². The molecule has 11 amide bonds. The Morgan fingerprint density at radius 1 is 0.771 bits per heavy atom. The number of nitrogens with two attached hydrogens (primary N) is 4. The van der Waals surface area contributed by atoms with E-state index in [0.717, 1.165) is 38.3 Å². The van der Waals surface area contributed by atoms with E-state index in [-0.39, 0.29) is 49.7 Å². The number of aryl methyl sites for hydroxylation is 2. The molecule has 0 radical (unpaired) electrons. The van der Waals surface area contributed by atoms with Crippen LogP contribution in [0.1, 0.15) is 89.3 Å². The lowest BCUT2D eigenvalue weighted by molar-refractivity contribution is -0.142. The smallest absolute Gasteiger partial charge is 0.246 e. The summed E-state index contributed by atoms with van der Waals surface area (Å²) in [4.78, 5) is 149. The van der Waals surface area contributed by atoms with Crippen molar-refractivity contribution >= 4 is 86.6 Å². The Morgan fingerprint density at radius 2 is 1.37 bits per heavy atom. The first-order valence-electron chi connectivity index (χ1n) is 23.2. The minimum atomic E-state index is -1.74. The van der Waals surface area contributed by atoms with E-state index in [4.69, 9.17) is 22.9 Å². The van der Waals surface area contributed by atoms with E-state index in [1.165, 1.54) is 4.90 Å². The zero-order valence-electron chi connectivity index (χ0n) is 40.6. The fraction of sp³-hybridized carbons (Fsp3) is 0.622. The molecule has 23 nitrogen and oxygen atoms in total. The van der Waals surface area contributed by atoms with Crippen molar-refractivity contribution in [1.82, 2.24) is 42.1 Å². The van der Waals surface area contributed by atoms with Crippen molar-refractivity contribution in [3.05, 3.63) is 34.9 Å². The molecule has 0 bridgehead atoms. The minimum absolute atomic E-state index is 0.0182. The van der Waals surface area contributed by atoms with Gasteiger partial charge in [0.25, 0.3) is 0 Å². The molecule has 70 heavy (non-hydrogen) atoms. The SMILES string of the molecule is CC[C@H](C)[C@@H]1NC(=O)[C@H](Cc2c(C)cccc2C)NC(=O)[C@@H](N)CSSC[C@@H](C(=O)N2CCC[C@H]2C(=O)N[C@@H](CC(C)C)C(=O)NCC(N)=O)NC(=O)[C@H](CC(N)=O)NC(=O)[C@H](CCC(N)=O)NC1=O. The van der Waals surface area contributed by atoms with Crippen LogP contribution in [0.2, 0.25) is 0 Å². The molecule has 3 rings (SSSR count). The van der Waals surface area contributed by atoms with Gasteiger partial charge in [0.15, 0.2) is 0 Å². The Morgan fingerprint density at radius 3 is 1.97 bits per heavy atom. The molecule has 0 aromatic heterocycles. The Labute approximate surface area is 415 Å². The average Bonchev–Trinajstić information content (AvgIpc) is 3.79. The van der Waals surface area contributed by atoms with Crippen molar-refractivity contribution in [3.8, 4) is 0 Å². The molecule has 0 unspecified atom stereocenters. The van der Waals surface area contributed by atoms with Crippen molar-refractivity contribution in [3.63, 3.8) is 0 Å². The lowest BCUT2D eigenvalue weighted by Gasteiger charge is -2.31. The van der Waals surface area contributed by atoms with E-state index in [1.807, 2.05) is 45.9 Å². The standard InChI is InChI=1S/C45H70N12O11S2/c1-7-23(4)37-44(67)51-28(13-14-34(47)58)40(63)53-31(18-35(48)59)41(64)55-32(45(68)57-15-9-12-33(57)43(66)54-29(16-22(2)3)39(62)50-19-36(49)60)21-70-69-20-27(46)38(61)52-30(42(65)56-37)17-26-24(5)10-8-11-25(26)6/h8,10-11,22-23,27-33,37H,7,9,12-21,46H2,1-6H3,(H2,47,58)(H2,48,59)(H2,49,60)(H,50,62)(H,51,67)(H,52,61)(H,53,63)(H,54,66)(H,55,64)(H,56,65)/t23-,27-,28-,29-,30-,31-,32-,33-,37-/m0/s1. The van der Waals surface area contributed by atoms with Gasteiger partial charge in [-0.05, 0) is 68.1 Å². The molecule has 2 aliphatic rings. The monoisotopic (exact) mass is 1020 g/mol. The number of amides is 11. The molecule has 0 aliphatic carbocycles. The van der Waals surface area contributed by atoms with Gasteiger partial charge in [0.2, 0.25) is 65.0 Å². The molecule has 2 fully saturated rings. The molecule has 25 heteroatoms. The highest BCUT2D eigenvalue weighted by Gasteiger charge is 2.41. The van der Waals surface area contributed by atoms with Crippen LogP contribution in [0.25, 0.3) is 0 Å². The largest absolute Gasteiger partial charge is 0.370 e. The zero-order chi connectivity index (χ0) is 52.4. The number of nitrogens with zero attached hydrogens (tertiary/aromatic N) is 1. The van der Waals surface area contributed by atoms with Crippen molar-refractivity contribution in [2.24, 2.45) is 34.8 Å². The number of rotatable bonds is 17. The number of primary amides is 3. The Bertz CT molecular complexity index is 2090. The van der Waals surface area contributed by atoms with E-state index in [9.17, 15) is 52.7 Å². The lowest BCUT2D eigenvalue weighted by Crippen LogP contribution is -2.61. The van der Waals surface area contributed by atoms with Gasteiger partial charge in [-0.15, -0.1) is 0 Å². The van der Waals surface area contributed by atoms with E-state index >= 15 is 0 Å². The maximum absolute atomic E-state index is 14.5. The van der Waals surface area contributed by atoms with Crippen LogP contribution in [-0.4, -0.2) is 143 Å². The normalized spacial score (nSPS) is 24.1. The lowest BCUT2D eigenvalue weighted by atomic mass is 9.94. The number of hydrogen-bond acceptors (Lipinski definition) is 14. The highest BCUT2D eigenvalue weighted by molar-refractivity contribution is 8.76. The van der Waals surface area contributed by atoms with Crippen LogP contribution in [0.3, 0.4) is 0 Å². The Kier molecular flexibility index (Phi) is 23.4. The fourth-order valence-electron chi connectivity index (χ4n) is 7.85. The van der Waals surface area contributed by atoms with E-state index in [1.54, 1.807) is 13.8 Å². The van der Waals surface area contributed by atoms with Crippen LogP contribution >= 0.6 is 21.6 Å². The Hall–Kier alpha value is -5.95. The van der Waals surface area contributed by atoms with Crippen LogP contribution in [0, 0.1) is 25.7 Å². The van der Waals surface area contributed by atoms with E-state index in [0.29, 0.717) is 12.8 Å². The first-order valence-corrected chi connectivity index (χ1v) is 25.7. The molecule has 15 N–H and O–H groups in total. The summed E-state index contributed by atoms with van der Waals surface area (Å²) in [6.07, 6.45) is -0.465. The van der Waals surface area contributed by atoms with Gasteiger partial charge in [-0.3, -0.25) is 52.7 Å². The quantitative estimate of drug-likeness (QED) is 0.0708. The number of carbonyl (C=O) groups excluding carboxylic acids is 11. The first kappa shape index (κ1) is 58.4. The molecule has 2 aliphatic heterocycles. The number of carbonyl (C=O) groups is 11. The summed E-state index contributed by atoms with van der Waals surface area (Å²) in [5.74, 6) is -9.99. The topological polar surface area (TPSA) is 379 Å². The molecule has 0 saturated carbocycles. The first-order chi connectivity index (χ1) is 32.9. The molecule has 2 heterocycles.